The van der Waals surface area contributed by atoms with Gasteiger partial charge < -0.3 is 9.84 Å². The van der Waals surface area contributed by atoms with E-state index in [1.807, 2.05) is 36.4 Å². The zero-order chi connectivity index (χ0) is 24.0. The summed E-state index contributed by atoms with van der Waals surface area (Å²) in [6.07, 6.45) is 5.35. The number of phenolic OH excluding ortho intramolecular Hbond substituents is 1. The number of carbonyl (C=O) groups is 1. The zero-order valence-electron chi connectivity index (χ0n) is 20.6. The van der Waals surface area contributed by atoms with Crippen molar-refractivity contribution in [2.75, 3.05) is 6.61 Å². The highest BCUT2D eigenvalue weighted by Gasteiger charge is 2.23. The molecule has 0 spiro atoms. The zero-order valence-corrected chi connectivity index (χ0v) is 21.4. The third kappa shape index (κ3) is 7.04. The second-order valence-corrected chi connectivity index (χ2v) is 11.3. The average molecular weight is 468 g/mol. The van der Waals surface area contributed by atoms with E-state index in [1.54, 1.807) is 11.3 Å². The van der Waals surface area contributed by atoms with Gasteiger partial charge in [0.05, 0.1) is 22.4 Å². The minimum atomic E-state index is -0.234. The number of hydrogen-bond acceptors (Lipinski definition) is 5. The molecule has 0 saturated carbocycles. The van der Waals surface area contributed by atoms with Gasteiger partial charge in [0.25, 0.3) is 0 Å². The Morgan fingerprint density at radius 1 is 1.12 bits per heavy atom. The van der Waals surface area contributed by atoms with Crippen LogP contribution in [0.4, 0.5) is 0 Å². The van der Waals surface area contributed by atoms with E-state index in [2.05, 4.69) is 34.6 Å². The first-order valence-electron chi connectivity index (χ1n) is 12.0. The van der Waals surface area contributed by atoms with E-state index >= 15 is 0 Å². The van der Waals surface area contributed by atoms with Crippen LogP contribution in [0.2, 0.25) is 0 Å². The number of thiazole rings is 1. The first-order valence-corrected chi connectivity index (χ1v) is 12.8. The quantitative estimate of drug-likeness (QED) is 0.246. The monoisotopic (exact) mass is 467 g/mol. The number of phenols is 1. The number of carbonyl (C=O) groups excluding carboxylic acids is 1. The van der Waals surface area contributed by atoms with Gasteiger partial charge in [0, 0.05) is 12.0 Å². The van der Waals surface area contributed by atoms with E-state index in [4.69, 9.17) is 9.72 Å². The van der Waals surface area contributed by atoms with Crippen molar-refractivity contribution < 1.29 is 14.6 Å². The summed E-state index contributed by atoms with van der Waals surface area (Å²) in [6.45, 7) is 11.2. The molecule has 5 heteroatoms. The van der Waals surface area contributed by atoms with Gasteiger partial charge in [-0.3, -0.25) is 4.79 Å². The largest absolute Gasteiger partial charge is 0.507 e. The predicted octanol–water partition coefficient (Wildman–Crippen LogP) is 7.66. The van der Waals surface area contributed by atoms with Gasteiger partial charge in [0.2, 0.25) is 0 Å². The second-order valence-electron chi connectivity index (χ2n) is 10.2. The topological polar surface area (TPSA) is 59.4 Å². The number of esters is 1. The number of para-hydroxylation sites is 1. The maximum absolute atomic E-state index is 12.3. The molecular formula is C28H37NO3S. The second kappa shape index (κ2) is 11.1. The molecule has 33 heavy (non-hydrogen) atoms. The van der Waals surface area contributed by atoms with Crippen molar-refractivity contribution in [2.24, 2.45) is 5.92 Å². The van der Waals surface area contributed by atoms with Gasteiger partial charge in [0.1, 0.15) is 10.8 Å². The number of aromatic hydroxyl groups is 1. The molecular weight excluding hydrogens is 430 g/mol. The Kier molecular flexibility index (Phi) is 8.52. The van der Waals surface area contributed by atoms with Crippen molar-refractivity contribution in [1.29, 1.82) is 0 Å². The van der Waals surface area contributed by atoms with Gasteiger partial charge in [-0.2, -0.15) is 0 Å². The summed E-state index contributed by atoms with van der Waals surface area (Å²) in [4.78, 5) is 17.0. The van der Waals surface area contributed by atoms with E-state index in [0.717, 1.165) is 50.7 Å². The molecule has 0 aliphatic carbocycles. The molecule has 0 aliphatic rings. The number of aryl methyl sites for hydroxylation is 1. The van der Waals surface area contributed by atoms with Crippen molar-refractivity contribution in [3.63, 3.8) is 0 Å². The van der Waals surface area contributed by atoms with E-state index in [-0.39, 0.29) is 17.1 Å². The first-order chi connectivity index (χ1) is 15.6. The third-order valence-electron chi connectivity index (χ3n) is 5.81. The molecule has 0 atom stereocenters. The Labute approximate surface area is 202 Å². The minimum Gasteiger partial charge on any atom is -0.507 e. The highest BCUT2D eigenvalue weighted by Crippen LogP contribution is 2.42. The summed E-state index contributed by atoms with van der Waals surface area (Å²) >= 11 is 1.57. The van der Waals surface area contributed by atoms with Crippen LogP contribution in [0, 0.1) is 5.92 Å². The number of nitrogens with zero attached hydrogens (tertiary/aromatic N) is 1. The number of fused-ring (bicyclic) bond motifs is 1. The fraction of sp³-hybridized carbons (Fsp3) is 0.500. The summed E-state index contributed by atoms with van der Waals surface area (Å²) in [7, 11) is 0. The van der Waals surface area contributed by atoms with Crippen molar-refractivity contribution in [1.82, 2.24) is 4.98 Å². The summed E-state index contributed by atoms with van der Waals surface area (Å²) in [5.41, 5.74) is 3.31. The van der Waals surface area contributed by atoms with E-state index in [0.29, 0.717) is 19.4 Å². The van der Waals surface area contributed by atoms with Crippen LogP contribution in [-0.4, -0.2) is 22.7 Å². The highest BCUT2D eigenvalue weighted by atomic mass is 32.1. The smallest absolute Gasteiger partial charge is 0.306 e. The maximum Gasteiger partial charge on any atom is 0.306 e. The van der Waals surface area contributed by atoms with E-state index < -0.39 is 0 Å². The first kappa shape index (κ1) is 25.2. The van der Waals surface area contributed by atoms with Gasteiger partial charge >= 0.3 is 5.97 Å². The summed E-state index contributed by atoms with van der Waals surface area (Å²) in [5, 5.41) is 11.9. The molecule has 0 unspecified atom stereocenters. The maximum atomic E-state index is 12.3. The molecule has 0 amide bonds. The summed E-state index contributed by atoms with van der Waals surface area (Å²) in [5.74, 6) is 0.837. The lowest BCUT2D eigenvalue weighted by molar-refractivity contribution is -0.143. The lowest BCUT2D eigenvalue weighted by Crippen LogP contribution is -2.13. The molecule has 1 heterocycles. The molecule has 0 aliphatic heterocycles. The molecule has 1 N–H and O–H groups in total. The summed E-state index contributed by atoms with van der Waals surface area (Å²) in [6, 6.07) is 12.0. The lowest BCUT2D eigenvalue weighted by atomic mass is 9.83. The molecule has 0 fully saturated rings. The molecule has 3 rings (SSSR count). The highest BCUT2D eigenvalue weighted by molar-refractivity contribution is 7.21. The average Bonchev–Trinajstić information content (AvgIpc) is 3.18. The number of aromatic nitrogens is 1. The van der Waals surface area contributed by atoms with Crippen molar-refractivity contribution >= 4 is 27.5 Å². The fourth-order valence-electron chi connectivity index (χ4n) is 3.90. The molecule has 4 nitrogen and oxygen atoms in total. The predicted molar refractivity (Wildman–Crippen MR) is 138 cm³/mol. The number of benzene rings is 2. The molecule has 0 radical (unpaired) electrons. The van der Waals surface area contributed by atoms with Crippen LogP contribution in [0.1, 0.15) is 77.8 Å². The SMILES string of the molecule is CC(C)CCCCCOC(=O)CCc1cc(-c2nc3ccccc3s2)c(O)c(C(C)(C)C)c1. The van der Waals surface area contributed by atoms with Crippen LogP contribution < -0.4 is 0 Å². The van der Waals surface area contributed by atoms with E-state index in [9.17, 15) is 9.90 Å². The van der Waals surface area contributed by atoms with Crippen LogP contribution in [0.15, 0.2) is 36.4 Å². The van der Waals surface area contributed by atoms with Gasteiger partial charge in [-0.05, 0) is 47.9 Å². The molecule has 3 aromatic rings. The number of ether oxygens (including phenoxy) is 1. The Hall–Kier alpha value is -2.40. The standard InChI is InChI=1S/C28H37NO3S/c1-19(2)11-7-6-10-16-32-25(30)15-14-20-17-21(26(31)22(18-20)28(3,4)5)27-29-23-12-8-9-13-24(23)33-27/h8-9,12-13,17-19,31H,6-7,10-11,14-16H2,1-5H3. The van der Waals surface area contributed by atoms with Crippen molar-refractivity contribution in [2.45, 2.75) is 78.6 Å². The Bertz CT molecular complexity index is 1050. The molecule has 2 aromatic carbocycles. The number of hydrogen-bond donors (Lipinski definition) is 1. The molecule has 0 saturated heterocycles. The molecule has 0 bridgehead atoms. The molecule has 1 aromatic heterocycles. The lowest BCUT2D eigenvalue weighted by Gasteiger charge is -2.23. The van der Waals surface area contributed by atoms with Crippen LogP contribution in [0.5, 0.6) is 5.75 Å². The van der Waals surface area contributed by atoms with Gasteiger partial charge in [-0.25, -0.2) is 4.98 Å². The van der Waals surface area contributed by atoms with Crippen LogP contribution in [0.3, 0.4) is 0 Å². The Balaban J connectivity index is 1.70. The van der Waals surface area contributed by atoms with Gasteiger partial charge in [-0.1, -0.05) is 72.1 Å². The van der Waals surface area contributed by atoms with Gasteiger partial charge in [-0.15, -0.1) is 11.3 Å². The number of rotatable bonds is 10. The molecule has 178 valence electrons. The van der Waals surface area contributed by atoms with Crippen LogP contribution in [0.25, 0.3) is 20.8 Å². The Morgan fingerprint density at radius 3 is 2.58 bits per heavy atom. The van der Waals surface area contributed by atoms with Crippen molar-refractivity contribution in [3.05, 3.63) is 47.5 Å². The van der Waals surface area contributed by atoms with Gasteiger partial charge in [0.15, 0.2) is 0 Å². The third-order valence-corrected chi connectivity index (χ3v) is 6.88. The summed E-state index contributed by atoms with van der Waals surface area (Å²) < 4.78 is 6.54. The minimum absolute atomic E-state index is 0.161. The Morgan fingerprint density at radius 2 is 1.88 bits per heavy atom. The fourth-order valence-corrected chi connectivity index (χ4v) is 4.88. The number of unbranched alkanes of at least 4 members (excludes halogenated alkanes) is 2. The normalized spacial score (nSPS) is 11.9. The van der Waals surface area contributed by atoms with Crippen LogP contribution >= 0.6 is 11.3 Å². The van der Waals surface area contributed by atoms with E-state index in [1.165, 1.54) is 12.8 Å². The van der Waals surface area contributed by atoms with Crippen LogP contribution in [-0.2, 0) is 21.4 Å². The van der Waals surface area contributed by atoms with Crippen molar-refractivity contribution in [3.8, 4) is 16.3 Å².